The van der Waals surface area contributed by atoms with Gasteiger partial charge in [0.2, 0.25) is 0 Å². The van der Waals surface area contributed by atoms with Gasteiger partial charge in [-0.1, -0.05) is 20.6 Å². The number of ether oxygens (including phenoxy) is 3. The van der Waals surface area contributed by atoms with Gasteiger partial charge < -0.3 is 50.8 Å². The molecular weight excluding hydrogens is 618 g/mol. The number of hydrogen-bond donors (Lipinski definition) is 7. The first-order valence-electron chi connectivity index (χ1n) is 14.6. The molecule has 4 amide bonds. The van der Waals surface area contributed by atoms with Gasteiger partial charge in [0.15, 0.2) is 0 Å². The molecule has 0 aromatic rings. The first-order valence-corrected chi connectivity index (χ1v) is 20.7. The van der Waals surface area contributed by atoms with Crippen LogP contribution in [0.5, 0.6) is 0 Å². The number of carbonyl (C=O) groups excluding carboxylic acids is 2. The highest BCUT2D eigenvalue weighted by Gasteiger charge is 2.61. The van der Waals surface area contributed by atoms with E-state index >= 15 is 0 Å². The Hall–Kier alpha value is -2.14. The number of fused-ring (bicyclic) bond motifs is 2. The van der Waals surface area contributed by atoms with E-state index in [2.05, 4.69) is 73.7 Å². The van der Waals surface area contributed by atoms with Gasteiger partial charge in [0.05, 0.1) is 12.2 Å². The molecule has 7 N–H and O–H groups in total. The number of rotatable bonds is 8. The van der Waals surface area contributed by atoms with E-state index < -0.39 is 61.6 Å². The van der Waals surface area contributed by atoms with E-state index in [0.717, 1.165) is 18.7 Å². The molecule has 5 aliphatic heterocycles. The van der Waals surface area contributed by atoms with Gasteiger partial charge in [-0.3, -0.25) is 0 Å². The van der Waals surface area contributed by atoms with E-state index in [9.17, 15) is 24.9 Å². The zero-order valence-electron chi connectivity index (χ0n) is 26.3. The van der Waals surface area contributed by atoms with Crippen LogP contribution in [-0.4, -0.2) is 133 Å². The quantitative estimate of drug-likeness (QED) is 0.192. The summed E-state index contributed by atoms with van der Waals surface area (Å²) in [5, 5.41) is 41.6. The molecular formula is C31H52N4O8P2. The van der Waals surface area contributed by atoms with Crippen LogP contribution in [0.3, 0.4) is 0 Å². The van der Waals surface area contributed by atoms with Crippen LogP contribution in [-0.2, 0) is 14.2 Å². The van der Waals surface area contributed by atoms with Gasteiger partial charge in [-0.05, 0) is 58.7 Å². The van der Waals surface area contributed by atoms with Crippen LogP contribution in [0.4, 0.5) is 9.59 Å². The maximum absolute atomic E-state index is 11.3. The van der Waals surface area contributed by atoms with E-state index in [4.69, 9.17) is 14.2 Å². The smallest absolute Gasteiger partial charge is 0.323 e. The van der Waals surface area contributed by atoms with Crippen LogP contribution in [0.2, 0.25) is 0 Å². The Balaban J connectivity index is 0.000000240. The molecule has 0 spiro atoms. The monoisotopic (exact) mass is 670 g/mol. The summed E-state index contributed by atoms with van der Waals surface area (Å²) in [5.74, 6) is 0. The molecule has 14 heteroatoms. The average molecular weight is 671 g/mol. The third-order valence-corrected chi connectivity index (χ3v) is 11.5. The van der Waals surface area contributed by atoms with Gasteiger partial charge >= 0.3 is 12.1 Å². The van der Waals surface area contributed by atoms with Crippen LogP contribution >= 0.6 is 13.8 Å². The lowest BCUT2D eigenvalue weighted by atomic mass is 9.92. The van der Waals surface area contributed by atoms with E-state index in [0.29, 0.717) is 35.6 Å². The fourth-order valence-corrected chi connectivity index (χ4v) is 7.83. The van der Waals surface area contributed by atoms with Gasteiger partial charge in [-0.15, -0.1) is 26.4 Å². The largest absolute Gasteiger partial charge is 0.387 e. The molecule has 2 unspecified atom stereocenters. The lowest BCUT2D eigenvalue weighted by Crippen LogP contribution is -2.44. The number of aliphatic hydroxyl groups excluding tert-OH is 3. The number of carbonyl (C=O) groups is 2. The number of amides is 4. The molecule has 0 aromatic heterocycles. The molecule has 254 valence electrons. The summed E-state index contributed by atoms with van der Waals surface area (Å²) in [6.07, 6.45) is 10.2. The second kappa shape index (κ2) is 13.5. The summed E-state index contributed by atoms with van der Waals surface area (Å²) in [4.78, 5) is 22.5. The fourth-order valence-electron chi connectivity index (χ4n) is 5.80. The summed E-state index contributed by atoms with van der Waals surface area (Å²) in [6, 6.07) is -0.704. The summed E-state index contributed by atoms with van der Waals surface area (Å²) < 4.78 is 17.9. The molecule has 0 radical (unpaired) electrons. The van der Waals surface area contributed by atoms with E-state index in [1.165, 1.54) is 6.20 Å². The highest BCUT2D eigenvalue weighted by molar-refractivity contribution is 7.72. The van der Waals surface area contributed by atoms with Crippen molar-refractivity contribution in [3.05, 3.63) is 48.1 Å². The molecule has 3 fully saturated rings. The first-order chi connectivity index (χ1) is 20.3. The van der Waals surface area contributed by atoms with Gasteiger partial charge in [-0.2, -0.15) is 0 Å². The number of urea groups is 2. The minimum atomic E-state index is -1.25. The minimum absolute atomic E-state index is 0. The molecule has 3 saturated heterocycles. The molecule has 5 aliphatic rings. The van der Waals surface area contributed by atoms with Crippen LogP contribution in [0.15, 0.2) is 48.1 Å². The lowest BCUT2D eigenvalue weighted by Gasteiger charge is -2.34. The van der Waals surface area contributed by atoms with Crippen molar-refractivity contribution in [2.45, 2.75) is 75.0 Å². The molecule has 0 saturated carbocycles. The molecule has 5 rings (SSSR count). The Morgan fingerprint density at radius 1 is 0.844 bits per heavy atom. The highest BCUT2D eigenvalue weighted by atomic mass is 31.2. The van der Waals surface area contributed by atoms with E-state index in [-0.39, 0.29) is 19.5 Å². The Bertz CT molecular complexity index is 1320. The van der Waals surface area contributed by atoms with Crippen molar-refractivity contribution in [1.82, 2.24) is 21.3 Å². The molecule has 0 aromatic carbocycles. The maximum Gasteiger partial charge on any atom is 0.323 e. The van der Waals surface area contributed by atoms with Crippen molar-refractivity contribution in [2.24, 2.45) is 0 Å². The first kappa shape index (κ1) is 37.3. The van der Waals surface area contributed by atoms with Gasteiger partial charge in [0.25, 0.3) is 0 Å². The second-order valence-corrected chi connectivity index (χ2v) is 22.4. The van der Waals surface area contributed by atoms with Gasteiger partial charge in [0, 0.05) is 34.9 Å². The lowest BCUT2D eigenvalue weighted by molar-refractivity contribution is -0.132. The normalized spacial score (nSPS) is 36.0. The zero-order chi connectivity index (χ0) is 32.8. The van der Waals surface area contributed by atoms with E-state index in [1.54, 1.807) is 13.1 Å². The molecule has 5 heterocycles. The molecule has 12 nitrogen and oxygen atoms in total. The van der Waals surface area contributed by atoms with E-state index in [1.807, 2.05) is 0 Å². The Labute approximate surface area is 267 Å². The third kappa shape index (κ3) is 8.24. The molecule has 45 heavy (non-hydrogen) atoms. The Morgan fingerprint density at radius 3 is 1.82 bits per heavy atom. The predicted molar refractivity (Wildman–Crippen MR) is 184 cm³/mol. The number of nitrogens with one attached hydrogen (secondary N) is 4. The van der Waals surface area contributed by atoms with Crippen molar-refractivity contribution in [2.75, 3.05) is 45.6 Å². The number of hydrogen-bond acceptors (Lipinski definition) is 8. The van der Waals surface area contributed by atoms with Crippen LogP contribution in [0.25, 0.3) is 0 Å². The standard InChI is InChI=1S/C15H23N2O4P.C15H25N2O4P.CH4/c1-9-10(7-16-14(19)17-9)11-12-13(18)15(21-11,8-20-12)5-6-22(2,3)4;1-9-10(8-16-14(20)17-9)12-11(18)13(19)15(2,21-12)6-7-22(3,4)5;/h7,11-13,18H,1-2,5-6,8H2,3-4H3,(H2,16,17,19);8,11-13,18-19H,1,3,6-7H2,2,4-5H3,(H2,16,17,20);1H4/t11?,12-,13-,15-;11-,12?,13-,15+;/m00./s1. The number of aliphatic hydroxyl groups is 3. The summed E-state index contributed by atoms with van der Waals surface area (Å²) >= 11 is 0. The van der Waals surface area contributed by atoms with Crippen LogP contribution in [0.1, 0.15) is 27.2 Å². The van der Waals surface area contributed by atoms with Crippen LogP contribution in [0, 0.1) is 0 Å². The third-order valence-electron chi connectivity index (χ3n) is 8.60. The summed E-state index contributed by atoms with van der Waals surface area (Å²) in [7, 11) is 0. The zero-order valence-corrected chi connectivity index (χ0v) is 28.0. The molecule has 0 aliphatic carbocycles. The Kier molecular flexibility index (Phi) is 11.2. The van der Waals surface area contributed by atoms with Crippen LogP contribution < -0.4 is 21.3 Å². The van der Waals surface area contributed by atoms with Crippen molar-refractivity contribution >= 4 is 38.4 Å². The fraction of sp³-hybridized carbons (Fsp3) is 0.613. The van der Waals surface area contributed by atoms with Crippen molar-refractivity contribution in [1.29, 1.82) is 0 Å². The summed E-state index contributed by atoms with van der Waals surface area (Å²) in [6.45, 7) is 15.9. The van der Waals surface area contributed by atoms with Crippen molar-refractivity contribution in [3.8, 4) is 0 Å². The SMILES string of the molecule is C.C=C1NC(=O)NC=C1C1O[C@@]2(CCP(=C)(C)C)CO[C@@H]1[C@@H]2O.C=C1NC(=O)NC=C1C1O[C@](C)(CCP(=C)(C)C)[C@@H](O)[C@H]1O. The second-order valence-electron chi connectivity index (χ2n) is 13.8. The van der Waals surface area contributed by atoms with Crippen molar-refractivity contribution < 1.29 is 39.1 Å². The molecule has 8 atom stereocenters. The molecule has 2 bridgehead atoms. The summed E-state index contributed by atoms with van der Waals surface area (Å²) in [5.41, 5.74) is 0.591. The van der Waals surface area contributed by atoms with Gasteiger partial charge in [0.1, 0.15) is 42.2 Å². The average Bonchev–Trinajstić information content (AvgIpc) is 3.46. The Morgan fingerprint density at radius 2 is 1.33 bits per heavy atom. The minimum Gasteiger partial charge on any atom is -0.387 e. The highest BCUT2D eigenvalue weighted by Crippen LogP contribution is 2.48. The maximum atomic E-state index is 11.3. The topological polar surface area (TPSA) is 171 Å². The predicted octanol–water partition coefficient (Wildman–Crippen LogP) is 2.00. The van der Waals surface area contributed by atoms with Gasteiger partial charge in [-0.25, -0.2) is 9.59 Å². The van der Waals surface area contributed by atoms with Crippen molar-refractivity contribution in [3.63, 3.8) is 0 Å².